The fourth-order valence-corrected chi connectivity index (χ4v) is 3.36. The number of nitrogens with zero attached hydrogens (tertiary/aromatic N) is 1. The monoisotopic (exact) mass is 260 g/mol. The molecule has 1 aromatic rings. The van der Waals surface area contributed by atoms with Crippen LogP contribution in [-0.4, -0.2) is 43.7 Å². The second-order valence-electron chi connectivity index (χ2n) is 5.83. The van der Waals surface area contributed by atoms with Crippen LogP contribution in [0.5, 0.6) is 5.75 Å². The van der Waals surface area contributed by atoms with Crippen LogP contribution in [0.1, 0.15) is 18.4 Å². The molecule has 2 aliphatic rings. The molecule has 0 saturated carbocycles. The quantitative estimate of drug-likeness (QED) is 0.897. The maximum absolute atomic E-state index is 5.85. The minimum absolute atomic E-state index is 0.746. The third-order valence-corrected chi connectivity index (χ3v) is 4.46. The molecule has 1 N–H and O–H groups in total. The number of rotatable bonds is 4. The predicted molar refractivity (Wildman–Crippen MR) is 77.6 cm³/mol. The zero-order valence-corrected chi connectivity index (χ0v) is 11.8. The number of hydrogen-bond donors (Lipinski definition) is 1. The molecular weight excluding hydrogens is 236 g/mol. The molecule has 2 atom stereocenters. The number of ether oxygens (including phenoxy) is 1. The summed E-state index contributed by atoms with van der Waals surface area (Å²) in [4.78, 5) is 2.61. The molecule has 1 aromatic carbocycles. The highest BCUT2D eigenvalue weighted by molar-refractivity contribution is 5.26. The van der Waals surface area contributed by atoms with E-state index in [1.165, 1.54) is 31.5 Å². The minimum atomic E-state index is 0.746. The van der Waals surface area contributed by atoms with Crippen molar-refractivity contribution in [2.45, 2.75) is 25.8 Å². The first kappa shape index (κ1) is 12.9. The van der Waals surface area contributed by atoms with Crippen LogP contribution in [-0.2, 0) is 0 Å². The normalized spacial score (nSPS) is 27.2. The Morgan fingerprint density at radius 2 is 2.11 bits per heavy atom. The Hall–Kier alpha value is -1.06. The first-order valence-electron chi connectivity index (χ1n) is 7.47. The first-order valence-corrected chi connectivity index (χ1v) is 7.47. The van der Waals surface area contributed by atoms with Gasteiger partial charge in [-0.15, -0.1) is 0 Å². The molecule has 19 heavy (non-hydrogen) atoms. The van der Waals surface area contributed by atoms with Gasteiger partial charge in [0.25, 0.3) is 0 Å². The SMILES string of the molecule is Cc1ccc(OCCN2CCCC3CNCC32)cc1. The van der Waals surface area contributed by atoms with Gasteiger partial charge in [-0.3, -0.25) is 4.90 Å². The van der Waals surface area contributed by atoms with Crippen molar-refractivity contribution in [2.75, 3.05) is 32.8 Å². The lowest BCUT2D eigenvalue weighted by Gasteiger charge is -2.36. The Labute approximate surface area is 115 Å². The van der Waals surface area contributed by atoms with Gasteiger partial charge in [0.15, 0.2) is 0 Å². The summed E-state index contributed by atoms with van der Waals surface area (Å²) in [6.07, 6.45) is 2.74. The van der Waals surface area contributed by atoms with Crippen molar-refractivity contribution in [1.82, 2.24) is 10.2 Å². The highest BCUT2D eigenvalue weighted by atomic mass is 16.5. The van der Waals surface area contributed by atoms with Gasteiger partial charge in [-0.2, -0.15) is 0 Å². The first-order chi connectivity index (χ1) is 9.33. The second kappa shape index (κ2) is 5.93. The van der Waals surface area contributed by atoms with Crippen LogP contribution in [0.25, 0.3) is 0 Å². The average Bonchev–Trinajstić information content (AvgIpc) is 2.90. The molecule has 3 heteroatoms. The van der Waals surface area contributed by atoms with E-state index in [1.54, 1.807) is 0 Å². The van der Waals surface area contributed by atoms with E-state index in [9.17, 15) is 0 Å². The molecule has 2 heterocycles. The summed E-state index contributed by atoms with van der Waals surface area (Å²) >= 11 is 0. The van der Waals surface area contributed by atoms with Gasteiger partial charge in [0.05, 0.1) is 0 Å². The molecule has 2 fully saturated rings. The average molecular weight is 260 g/mol. The van der Waals surface area contributed by atoms with E-state index in [0.29, 0.717) is 0 Å². The summed E-state index contributed by atoms with van der Waals surface area (Å²) in [6, 6.07) is 9.08. The highest BCUT2D eigenvalue weighted by Crippen LogP contribution is 2.26. The van der Waals surface area contributed by atoms with Crippen molar-refractivity contribution in [1.29, 1.82) is 0 Å². The van der Waals surface area contributed by atoms with E-state index >= 15 is 0 Å². The minimum Gasteiger partial charge on any atom is -0.492 e. The fraction of sp³-hybridized carbons (Fsp3) is 0.625. The Morgan fingerprint density at radius 3 is 2.95 bits per heavy atom. The van der Waals surface area contributed by atoms with Crippen molar-refractivity contribution in [2.24, 2.45) is 5.92 Å². The molecule has 0 bridgehead atoms. The zero-order valence-electron chi connectivity index (χ0n) is 11.8. The molecule has 0 radical (unpaired) electrons. The van der Waals surface area contributed by atoms with E-state index in [4.69, 9.17) is 4.74 Å². The van der Waals surface area contributed by atoms with Crippen LogP contribution in [0, 0.1) is 12.8 Å². The lowest BCUT2D eigenvalue weighted by molar-refractivity contribution is 0.105. The number of nitrogens with one attached hydrogen (secondary N) is 1. The van der Waals surface area contributed by atoms with Crippen molar-refractivity contribution in [3.05, 3.63) is 29.8 Å². The molecule has 2 unspecified atom stereocenters. The third kappa shape index (κ3) is 3.10. The highest BCUT2D eigenvalue weighted by Gasteiger charge is 2.34. The van der Waals surface area contributed by atoms with Gasteiger partial charge in [-0.25, -0.2) is 0 Å². The van der Waals surface area contributed by atoms with Gasteiger partial charge < -0.3 is 10.1 Å². The van der Waals surface area contributed by atoms with E-state index < -0.39 is 0 Å². The summed E-state index contributed by atoms with van der Waals surface area (Å²) < 4.78 is 5.85. The summed E-state index contributed by atoms with van der Waals surface area (Å²) in [5, 5.41) is 3.53. The predicted octanol–water partition coefficient (Wildman–Crippen LogP) is 2.06. The van der Waals surface area contributed by atoms with Crippen LogP contribution in [0.2, 0.25) is 0 Å². The zero-order chi connectivity index (χ0) is 13.1. The Balaban J connectivity index is 1.48. The smallest absolute Gasteiger partial charge is 0.119 e. The van der Waals surface area contributed by atoms with Gasteiger partial charge >= 0.3 is 0 Å². The van der Waals surface area contributed by atoms with Gasteiger partial charge in [-0.1, -0.05) is 17.7 Å². The second-order valence-corrected chi connectivity index (χ2v) is 5.83. The van der Waals surface area contributed by atoms with Crippen LogP contribution in [0.3, 0.4) is 0 Å². The summed E-state index contributed by atoms with van der Waals surface area (Å²) in [5.41, 5.74) is 1.28. The fourth-order valence-electron chi connectivity index (χ4n) is 3.36. The van der Waals surface area contributed by atoms with Gasteiger partial charge in [-0.05, 0) is 50.9 Å². The van der Waals surface area contributed by atoms with Crippen LogP contribution >= 0.6 is 0 Å². The van der Waals surface area contributed by atoms with Crippen molar-refractivity contribution in [3.63, 3.8) is 0 Å². The van der Waals surface area contributed by atoms with Gasteiger partial charge in [0, 0.05) is 19.1 Å². The maximum Gasteiger partial charge on any atom is 0.119 e. The van der Waals surface area contributed by atoms with Crippen LogP contribution < -0.4 is 10.1 Å². The summed E-state index contributed by atoms with van der Waals surface area (Å²) in [5.74, 6) is 1.86. The Bertz CT molecular complexity index is 404. The third-order valence-electron chi connectivity index (χ3n) is 4.46. The molecule has 3 rings (SSSR count). The van der Waals surface area contributed by atoms with Gasteiger partial charge in [0.2, 0.25) is 0 Å². The number of fused-ring (bicyclic) bond motifs is 1. The van der Waals surface area contributed by atoms with E-state index in [0.717, 1.165) is 37.4 Å². The standard InChI is InChI=1S/C16H24N2O/c1-13-4-6-15(7-5-13)19-10-9-18-8-2-3-14-11-17-12-16(14)18/h4-7,14,16-17H,2-3,8-12H2,1H3. The molecule has 3 nitrogen and oxygen atoms in total. The molecule has 2 aliphatic heterocycles. The molecule has 0 aliphatic carbocycles. The van der Waals surface area contributed by atoms with E-state index in [-0.39, 0.29) is 0 Å². The molecule has 2 saturated heterocycles. The Morgan fingerprint density at radius 1 is 1.26 bits per heavy atom. The molecular formula is C16H24N2O. The number of benzene rings is 1. The van der Waals surface area contributed by atoms with Crippen molar-refractivity contribution < 1.29 is 4.74 Å². The van der Waals surface area contributed by atoms with E-state index in [2.05, 4.69) is 41.4 Å². The number of hydrogen-bond acceptors (Lipinski definition) is 3. The van der Waals surface area contributed by atoms with Crippen molar-refractivity contribution in [3.8, 4) is 5.75 Å². The number of likely N-dealkylation sites (tertiary alicyclic amines) is 1. The lowest BCUT2D eigenvalue weighted by Crippen LogP contribution is -2.46. The molecule has 0 aromatic heterocycles. The van der Waals surface area contributed by atoms with Gasteiger partial charge in [0.1, 0.15) is 12.4 Å². The number of aryl methyl sites for hydroxylation is 1. The molecule has 0 spiro atoms. The summed E-state index contributed by atoms with van der Waals surface area (Å²) in [6.45, 7) is 7.56. The summed E-state index contributed by atoms with van der Waals surface area (Å²) in [7, 11) is 0. The maximum atomic E-state index is 5.85. The van der Waals surface area contributed by atoms with Crippen LogP contribution in [0.15, 0.2) is 24.3 Å². The molecule has 104 valence electrons. The largest absolute Gasteiger partial charge is 0.492 e. The van der Waals surface area contributed by atoms with Crippen molar-refractivity contribution >= 4 is 0 Å². The van der Waals surface area contributed by atoms with E-state index in [1.807, 2.05) is 0 Å². The number of piperidine rings is 1. The topological polar surface area (TPSA) is 24.5 Å². The Kier molecular flexibility index (Phi) is 4.04. The van der Waals surface area contributed by atoms with Crippen LogP contribution in [0.4, 0.5) is 0 Å². The lowest BCUT2D eigenvalue weighted by atomic mass is 9.92. The molecule has 0 amide bonds.